The van der Waals surface area contributed by atoms with Crippen LogP contribution in [0.3, 0.4) is 0 Å². The molecule has 0 radical (unpaired) electrons. The predicted molar refractivity (Wildman–Crippen MR) is 142 cm³/mol. The highest BCUT2D eigenvalue weighted by Crippen LogP contribution is 2.38. The van der Waals surface area contributed by atoms with Crippen molar-refractivity contribution in [1.82, 2.24) is 14.7 Å². The third-order valence-corrected chi connectivity index (χ3v) is 8.90. The maximum absolute atomic E-state index is 14.8. The summed E-state index contributed by atoms with van der Waals surface area (Å²) in [4.78, 5) is 26.6. The summed E-state index contributed by atoms with van der Waals surface area (Å²) in [5.41, 5.74) is -1.93. The first kappa shape index (κ1) is 29.8. The van der Waals surface area contributed by atoms with Crippen LogP contribution in [0.4, 0.5) is 28.0 Å². The Hall–Kier alpha value is -3.13. The number of hydrogen-bond donors (Lipinski definition) is 1. The van der Waals surface area contributed by atoms with Crippen molar-refractivity contribution < 1.29 is 36.9 Å². The van der Waals surface area contributed by atoms with Crippen LogP contribution in [0.2, 0.25) is 25.7 Å². The van der Waals surface area contributed by atoms with Crippen LogP contribution in [0.25, 0.3) is 0 Å². The third kappa shape index (κ3) is 7.13. The monoisotopic (exact) mass is 586 g/mol. The molecule has 0 saturated carbocycles. The SMILES string of the molecule is C[Si](C)(C)CCOCn1ncc(N2Cc3cc(F)c(OCC4CCN(C(=O)O)CC4)cc3C2)c(C(F)(F)F)c1=O. The minimum Gasteiger partial charge on any atom is -0.490 e. The van der Waals surface area contributed by atoms with Crippen molar-refractivity contribution in [3.8, 4) is 5.75 Å². The van der Waals surface area contributed by atoms with Gasteiger partial charge in [-0.15, -0.1) is 0 Å². The number of amides is 1. The number of ether oxygens (including phenoxy) is 2. The Morgan fingerprint density at radius 2 is 1.80 bits per heavy atom. The van der Waals surface area contributed by atoms with Gasteiger partial charge >= 0.3 is 12.3 Å². The molecule has 14 heteroatoms. The van der Waals surface area contributed by atoms with Crippen molar-refractivity contribution in [2.24, 2.45) is 5.92 Å². The van der Waals surface area contributed by atoms with Gasteiger partial charge in [0, 0.05) is 40.9 Å². The smallest absolute Gasteiger partial charge is 0.423 e. The van der Waals surface area contributed by atoms with Crippen molar-refractivity contribution in [2.75, 3.05) is 31.2 Å². The zero-order valence-electron chi connectivity index (χ0n) is 22.8. The Bertz CT molecular complexity index is 1290. The van der Waals surface area contributed by atoms with E-state index < -0.39 is 37.3 Å². The number of alkyl halides is 3. The van der Waals surface area contributed by atoms with Gasteiger partial charge in [-0.2, -0.15) is 18.3 Å². The standard InChI is InChI=1S/C26H34F4N4O5Si/c1-40(2,3)9-8-38-16-34-24(35)23(26(28,29)30)21(12-31-34)33-13-18-10-20(27)22(11-19(18)14-33)39-15-17-4-6-32(7-5-17)25(36)37/h10-12,17H,4-9,13-16H2,1-3H3,(H,36,37). The minimum atomic E-state index is -4.93. The summed E-state index contributed by atoms with van der Waals surface area (Å²) < 4.78 is 68.8. The fourth-order valence-electron chi connectivity index (χ4n) is 4.79. The van der Waals surface area contributed by atoms with Gasteiger partial charge in [0.1, 0.15) is 12.3 Å². The molecule has 1 fully saturated rings. The van der Waals surface area contributed by atoms with Crippen LogP contribution >= 0.6 is 0 Å². The summed E-state index contributed by atoms with van der Waals surface area (Å²) in [5.74, 6) is -0.587. The summed E-state index contributed by atoms with van der Waals surface area (Å²) in [5, 5.41) is 13.0. The molecule has 1 N–H and O–H groups in total. The molecule has 3 heterocycles. The van der Waals surface area contributed by atoms with Crippen molar-refractivity contribution >= 4 is 19.9 Å². The van der Waals surface area contributed by atoms with Crippen molar-refractivity contribution in [3.63, 3.8) is 0 Å². The number of halogens is 4. The lowest BCUT2D eigenvalue weighted by Gasteiger charge is -2.29. The number of likely N-dealkylation sites (tertiary alicyclic amines) is 1. The predicted octanol–water partition coefficient (Wildman–Crippen LogP) is 5.00. The number of carbonyl (C=O) groups is 1. The molecular weight excluding hydrogens is 552 g/mol. The average molecular weight is 587 g/mol. The second kappa shape index (κ2) is 11.8. The second-order valence-corrected chi connectivity index (χ2v) is 17.1. The zero-order valence-corrected chi connectivity index (χ0v) is 23.8. The maximum Gasteiger partial charge on any atom is 0.423 e. The van der Waals surface area contributed by atoms with Gasteiger partial charge in [0.05, 0.1) is 18.5 Å². The van der Waals surface area contributed by atoms with Crippen molar-refractivity contribution in [3.05, 3.63) is 51.2 Å². The Balaban J connectivity index is 1.46. The zero-order chi connectivity index (χ0) is 29.2. The molecule has 1 saturated heterocycles. The fraction of sp³-hybridized carbons (Fsp3) is 0.577. The van der Waals surface area contributed by atoms with E-state index in [9.17, 15) is 27.2 Å². The van der Waals surface area contributed by atoms with Crippen LogP contribution in [-0.4, -0.2) is 60.3 Å². The topological polar surface area (TPSA) is 97.1 Å². The lowest BCUT2D eigenvalue weighted by molar-refractivity contribution is -0.138. The molecule has 1 aromatic carbocycles. The van der Waals surface area contributed by atoms with Gasteiger partial charge in [0.2, 0.25) is 0 Å². The van der Waals surface area contributed by atoms with Gasteiger partial charge in [-0.05, 0) is 48.1 Å². The lowest BCUT2D eigenvalue weighted by atomic mass is 9.98. The van der Waals surface area contributed by atoms with E-state index in [1.165, 1.54) is 21.9 Å². The number of carboxylic acid groups (broad SMARTS) is 1. The molecule has 0 spiro atoms. The molecule has 2 aliphatic rings. The Morgan fingerprint density at radius 3 is 2.40 bits per heavy atom. The highest BCUT2D eigenvalue weighted by molar-refractivity contribution is 6.76. The van der Waals surface area contributed by atoms with Crippen LogP contribution in [-0.2, 0) is 30.7 Å². The van der Waals surface area contributed by atoms with E-state index in [4.69, 9.17) is 14.6 Å². The summed E-state index contributed by atoms with van der Waals surface area (Å²) in [6.07, 6.45) is -3.71. The highest BCUT2D eigenvalue weighted by atomic mass is 28.3. The second-order valence-electron chi connectivity index (χ2n) is 11.5. The van der Waals surface area contributed by atoms with Crippen LogP contribution < -0.4 is 15.2 Å². The number of fused-ring (bicyclic) bond motifs is 1. The number of rotatable bonds is 9. The first-order valence-electron chi connectivity index (χ1n) is 13.1. The average Bonchev–Trinajstić information content (AvgIpc) is 3.27. The van der Waals surface area contributed by atoms with Gasteiger partial charge in [-0.25, -0.2) is 13.9 Å². The van der Waals surface area contributed by atoms with E-state index in [0.29, 0.717) is 48.3 Å². The molecule has 0 bridgehead atoms. The largest absolute Gasteiger partial charge is 0.490 e. The van der Waals surface area contributed by atoms with Gasteiger partial charge in [0.15, 0.2) is 11.6 Å². The number of aromatic nitrogens is 2. The Morgan fingerprint density at radius 1 is 1.15 bits per heavy atom. The van der Waals surface area contributed by atoms with Crippen LogP contribution in [0, 0.1) is 11.7 Å². The van der Waals surface area contributed by atoms with Gasteiger partial charge in [-0.3, -0.25) is 4.79 Å². The third-order valence-electron chi connectivity index (χ3n) is 7.19. The number of hydrogen-bond acceptors (Lipinski definition) is 6. The molecule has 220 valence electrons. The number of benzene rings is 1. The van der Waals surface area contributed by atoms with Gasteiger partial charge in [-0.1, -0.05) is 19.6 Å². The first-order valence-corrected chi connectivity index (χ1v) is 16.9. The normalized spacial score (nSPS) is 16.4. The van der Waals surface area contributed by atoms with E-state index in [0.717, 1.165) is 12.2 Å². The Kier molecular flexibility index (Phi) is 8.78. The van der Waals surface area contributed by atoms with Crippen molar-refractivity contribution in [2.45, 2.75) is 64.5 Å². The molecule has 0 atom stereocenters. The molecule has 0 unspecified atom stereocenters. The summed E-state index contributed by atoms with van der Waals surface area (Å²) in [6, 6.07) is 3.52. The molecule has 1 amide bonds. The van der Waals surface area contributed by atoms with Crippen LogP contribution in [0.15, 0.2) is 23.1 Å². The first-order chi connectivity index (χ1) is 18.7. The molecule has 40 heavy (non-hydrogen) atoms. The molecule has 9 nitrogen and oxygen atoms in total. The minimum absolute atomic E-state index is 0.0127. The van der Waals surface area contributed by atoms with Gasteiger partial charge in [0.25, 0.3) is 5.56 Å². The highest BCUT2D eigenvalue weighted by Gasteiger charge is 2.40. The summed E-state index contributed by atoms with van der Waals surface area (Å²) in [6.45, 7) is 7.31. The summed E-state index contributed by atoms with van der Waals surface area (Å²) >= 11 is 0. The van der Waals surface area contributed by atoms with Crippen LogP contribution in [0.1, 0.15) is 29.5 Å². The van der Waals surface area contributed by atoms with E-state index >= 15 is 0 Å². The summed E-state index contributed by atoms with van der Waals surface area (Å²) in [7, 11) is -1.41. The molecule has 1 aromatic heterocycles. The molecule has 0 aliphatic carbocycles. The number of piperidine rings is 1. The van der Waals surface area contributed by atoms with E-state index in [1.807, 2.05) is 0 Å². The quantitative estimate of drug-likeness (QED) is 0.251. The fourth-order valence-corrected chi connectivity index (χ4v) is 5.54. The molecule has 2 aromatic rings. The van der Waals surface area contributed by atoms with Crippen molar-refractivity contribution in [1.29, 1.82) is 0 Å². The van der Waals surface area contributed by atoms with E-state index in [-0.39, 0.29) is 43.8 Å². The van der Waals surface area contributed by atoms with Crippen LogP contribution in [0.5, 0.6) is 5.75 Å². The van der Waals surface area contributed by atoms with E-state index in [1.54, 1.807) is 0 Å². The molecule has 4 rings (SSSR count). The lowest BCUT2D eigenvalue weighted by Crippen LogP contribution is -2.38. The maximum atomic E-state index is 14.8. The molecule has 2 aliphatic heterocycles. The number of anilines is 1. The Labute approximate surface area is 230 Å². The van der Waals surface area contributed by atoms with E-state index in [2.05, 4.69) is 24.7 Å². The van der Waals surface area contributed by atoms with Gasteiger partial charge < -0.3 is 24.4 Å². The molecular formula is C26H34F4N4O5Si. The number of nitrogens with zero attached hydrogens (tertiary/aromatic N) is 4.